The molecular weight excluding hydrogens is 620 g/mol. The van der Waals surface area contributed by atoms with Gasteiger partial charge in [-0.2, -0.15) is 0 Å². The summed E-state index contributed by atoms with van der Waals surface area (Å²) < 4.78 is 16.6. The average molecular weight is 699 g/mol. The molecule has 0 fully saturated rings. The van der Waals surface area contributed by atoms with Crippen molar-refractivity contribution in [2.75, 3.05) is 39.3 Å². The maximum absolute atomic E-state index is 12.8. The lowest BCUT2D eigenvalue weighted by Crippen LogP contribution is -2.38. The molecular formula is C39H78N4O6. The Kier molecular flexibility index (Phi) is 25.4. The fourth-order valence-electron chi connectivity index (χ4n) is 5.35. The highest BCUT2D eigenvalue weighted by Gasteiger charge is 2.23. The van der Waals surface area contributed by atoms with E-state index in [-0.39, 0.29) is 18.3 Å². The lowest BCUT2D eigenvalue weighted by Gasteiger charge is -2.27. The Balaban J connectivity index is 4.21. The fourth-order valence-corrected chi connectivity index (χ4v) is 5.35. The van der Waals surface area contributed by atoms with E-state index in [9.17, 15) is 14.4 Å². The average Bonchev–Trinajstić information content (AvgIpc) is 2.96. The van der Waals surface area contributed by atoms with Gasteiger partial charge in [-0.1, -0.05) is 77.0 Å². The van der Waals surface area contributed by atoms with Gasteiger partial charge in [-0.3, -0.25) is 0 Å². The van der Waals surface area contributed by atoms with Gasteiger partial charge < -0.3 is 35.1 Å². The Morgan fingerprint density at radius 2 is 0.735 bits per heavy atom. The zero-order valence-corrected chi connectivity index (χ0v) is 33.4. The Morgan fingerprint density at radius 3 is 1.04 bits per heavy atom. The molecule has 0 spiro atoms. The molecule has 0 rings (SSSR count). The number of nitrogens with zero attached hydrogens (tertiary/aromatic N) is 2. The van der Waals surface area contributed by atoms with Crippen LogP contribution in [0.1, 0.15) is 178 Å². The maximum Gasteiger partial charge on any atom is 0.410 e. The Morgan fingerprint density at radius 1 is 0.449 bits per heavy atom. The third-order valence-electron chi connectivity index (χ3n) is 7.81. The standard InChI is InChI=1S/C39H78N4O6/c1-37(2,3)47-34(44)41-29-23-17-21-27-33-43(36(46)49-39(7,8)9)31-25-19-15-13-11-10-12-14-18-24-30-42(32-26-20-16-22-28-40)35(45)48-38(4,5)6/h10-33,40H2,1-9H3,(H,41,44). The summed E-state index contributed by atoms with van der Waals surface area (Å²) in [6.07, 6.45) is 18.8. The molecule has 0 aliphatic carbocycles. The van der Waals surface area contributed by atoms with Crippen LogP contribution < -0.4 is 11.1 Å². The molecule has 0 unspecified atom stereocenters. The smallest absolute Gasteiger partial charge is 0.410 e. The first-order valence-electron chi connectivity index (χ1n) is 19.6. The molecule has 0 saturated carbocycles. The minimum absolute atomic E-state index is 0.193. The van der Waals surface area contributed by atoms with Gasteiger partial charge in [-0.25, -0.2) is 14.4 Å². The lowest BCUT2D eigenvalue weighted by atomic mass is 10.1. The van der Waals surface area contributed by atoms with E-state index in [1.807, 2.05) is 72.1 Å². The highest BCUT2D eigenvalue weighted by Crippen LogP contribution is 2.16. The predicted octanol–water partition coefficient (Wildman–Crippen LogP) is 9.97. The number of hydrogen-bond donors (Lipinski definition) is 2. The van der Waals surface area contributed by atoms with Crippen LogP contribution in [0.2, 0.25) is 0 Å². The van der Waals surface area contributed by atoms with E-state index in [0.29, 0.717) is 13.1 Å². The van der Waals surface area contributed by atoms with Gasteiger partial charge in [0.15, 0.2) is 0 Å². The summed E-state index contributed by atoms with van der Waals surface area (Å²) in [6, 6.07) is 0. The molecule has 10 heteroatoms. The number of nitrogens with two attached hydrogens (primary N) is 1. The Labute approximate surface area is 301 Å². The Hall–Kier alpha value is -2.23. The summed E-state index contributed by atoms with van der Waals surface area (Å²) in [5.41, 5.74) is 4.13. The zero-order chi connectivity index (χ0) is 37.2. The molecule has 290 valence electrons. The molecule has 0 aliphatic heterocycles. The number of nitrogens with one attached hydrogen (secondary N) is 1. The SMILES string of the molecule is CC(C)(C)OC(=O)NCCCCCCN(CCCCCCCCCCCCN(CCCCCCN)C(=O)OC(C)(C)C)C(=O)OC(C)(C)C. The van der Waals surface area contributed by atoms with Gasteiger partial charge in [0.25, 0.3) is 0 Å². The van der Waals surface area contributed by atoms with Gasteiger partial charge in [-0.05, 0) is 107 Å². The van der Waals surface area contributed by atoms with E-state index < -0.39 is 16.8 Å². The van der Waals surface area contributed by atoms with Crippen LogP contribution in [0.15, 0.2) is 0 Å². The van der Waals surface area contributed by atoms with Crippen LogP contribution in [-0.4, -0.2) is 84.2 Å². The van der Waals surface area contributed by atoms with Crippen LogP contribution in [-0.2, 0) is 14.2 Å². The van der Waals surface area contributed by atoms with E-state index >= 15 is 0 Å². The fraction of sp³-hybridized carbons (Fsp3) is 0.923. The number of ether oxygens (including phenoxy) is 3. The second-order valence-electron chi connectivity index (χ2n) is 16.5. The molecule has 0 saturated heterocycles. The molecule has 0 bridgehead atoms. The number of carbonyl (C=O) groups is 3. The van der Waals surface area contributed by atoms with Crippen molar-refractivity contribution in [3.8, 4) is 0 Å². The van der Waals surface area contributed by atoms with Crippen molar-refractivity contribution in [2.24, 2.45) is 5.73 Å². The van der Waals surface area contributed by atoms with Crippen LogP contribution in [0.25, 0.3) is 0 Å². The topological polar surface area (TPSA) is 123 Å². The molecule has 0 aliphatic rings. The van der Waals surface area contributed by atoms with Gasteiger partial charge in [0.05, 0.1) is 0 Å². The van der Waals surface area contributed by atoms with Crippen molar-refractivity contribution < 1.29 is 28.6 Å². The predicted molar refractivity (Wildman–Crippen MR) is 202 cm³/mol. The summed E-state index contributed by atoms with van der Waals surface area (Å²) in [6.45, 7) is 21.3. The van der Waals surface area contributed by atoms with Crippen molar-refractivity contribution >= 4 is 18.3 Å². The molecule has 49 heavy (non-hydrogen) atoms. The molecule has 0 radical (unpaired) electrons. The van der Waals surface area contributed by atoms with Crippen LogP contribution in [0.3, 0.4) is 0 Å². The number of hydrogen-bond acceptors (Lipinski definition) is 7. The minimum Gasteiger partial charge on any atom is -0.444 e. The van der Waals surface area contributed by atoms with Crippen molar-refractivity contribution in [1.82, 2.24) is 15.1 Å². The van der Waals surface area contributed by atoms with Gasteiger partial charge in [0.2, 0.25) is 0 Å². The van der Waals surface area contributed by atoms with Gasteiger partial charge in [-0.15, -0.1) is 0 Å². The summed E-state index contributed by atoms with van der Waals surface area (Å²) >= 11 is 0. The van der Waals surface area contributed by atoms with E-state index in [2.05, 4.69) is 5.32 Å². The molecule has 3 amide bonds. The molecule has 0 heterocycles. The molecule has 3 N–H and O–H groups in total. The first kappa shape index (κ1) is 46.8. The van der Waals surface area contributed by atoms with Gasteiger partial charge in [0, 0.05) is 32.7 Å². The number of amides is 3. The van der Waals surface area contributed by atoms with Crippen molar-refractivity contribution in [2.45, 2.75) is 195 Å². The highest BCUT2D eigenvalue weighted by molar-refractivity contribution is 5.68. The molecule has 0 atom stereocenters. The highest BCUT2D eigenvalue weighted by atomic mass is 16.6. The summed E-state index contributed by atoms with van der Waals surface area (Å²) in [7, 11) is 0. The quantitative estimate of drug-likeness (QED) is 0.0681. The summed E-state index contributed by atoms with van der Waals surface area (Å²) in [5.74, 6) is 0. The largest absolute Gasteiger partial charge is 0.444 e. The number of unbranched alkanes of at least 4 members (excludes halogenated alkanes) is 15. The third-order valence-corrected chi connectivity index (χ3v) is 7.81. The third kappa shape index (κ3) is 31.5. The van der Waals surface area contributed by atoms with Crippen LogP contribution in [0.4, 0.5) is 14.4 Å². The molecule has 0 aromatic heterocycles. The lowest BCUT2D eigenvalue weighted by molar-refractivity contribution is 0.0233. The van der Waals surface area contributed by atoms with E-state index in [0.717, 1.165) is 103 Å². The second-order valence-corrected chi connectivity index (χ2v) is 16.5. The summed E-state index contributed by atoms with van der Waals surface area (Å²) in [4.78, 5) is 41.1. The first-order chi connectivity index (χ1) is 22.9. The van der Waals surface area contributed by atoms with Crippen LogP contribution in [0.5, 0.6) is 0 Å². The number of carbonyl (C=O) groups excluding carboxylic acids is 3. The van der Waals surface area contributed by atoms with Crippen LogP contribution >= 0.6 is 0 Å². The van der Waals surface area contributed by atoms with Crippen molar-refractivity contribution in [3.63, 3.8) is 0 Å². The number of rotatable bonds is 26. The molecule has 0 aromatic carbocycles. The maximum atomic E-state index is 12.8. The van der Waals surface area contributed by atoms with E-state index in [1.54, 1.807) is 0 Å². The monoisotopic (exact) mass is 699 g/mol. The van der Waals surface area contributed by atoms with Crippen molar-refractivity contribution in [3.05, 3.63) is 0 Å². The number of alkyl carbamates (subject to hydrolysis) is 1. The molecule has 0 aromatic rings. The van der Waals surface area contributed by atoms with E-state index in [1.165, 1.54) is 38.5 Å². The Bertz CT molecular complexity index is 863. The van der Waals surface area contributed by atoms with Gasteiger partial charge >= 0.3 is 18.3 Å². The van der Waals surface area contributed by atoms with Crippen molar-refractivity contribution in [1.29, 1.82) is 0 Å². The van der Waals surface area contributed by atoms with E-state index in [4.69, 9.17) is 19.9 Å². The molecule has 10 nitrogen and oxygen atoms in total. The normalized spacial score (nSPS) is 12.0. The van der Waals surface area contributed by atoms with Gasteiger partial charge in [0.1, 0.15) is 16.8 Å². The first-order valence-corrected chi connectivity index (χ1v) is 19.6. The summed E-state index contributed by atoms with van der Waals surface area (Å²) in [5, 5.41) is 2.80. The van der Waals surface area contributed by atoms with Crippen LogP contribution in [0, 0.1) is 0 Å². The zero-order valence-electron chi connectivity index (χ0n) is 33.4. The second kappa shape index (κ2) is 26.6. The minimum atomic E-state index is -0.509.